The fraction of sp³-hybridized carbons (Fsp3) is 0.235. The van der Waals surface area contributed by atoms with Gasteiger partial charge in [0.2, 0.25) is 0 Å². The van der Waals surface area contributed by atoms with Gasteiger partial charge in [0.1, 0.15) is 0 Å². The molecule has 0 fully saturated rings. The third-order valence-corrected chi connectivity index (χ3v) is 6.24. The lowest BCUT2D eigenvalue weighted by Gasteiger charge is -2.24. The van der Waals surface area contributed by atoms with Crippen molar-refractivity contribution in [2.24, 2.45) is 0 Å². The van der Waals surface area contributed by atoms with Gasteiger partial charge >= 0.3 is 0 Å². The predicted octanol–water partition coefficient (Wildman–Crippen LogP) is 4.49. The summed E-state index contributed by atoms with van der Waals surface area (Å²) in [6, 6.07) is 13.4. The summed E-state index contributed by atoms with van der Waals surface area (Å²) >= 11 is 17.3. The summed E-state index contributed by atoms with van der Waals surface area (Å²) in [4.78, 5) is 2.03. The van der Waals surface area contributed by atoms with Gasteiger partial charge in [-0.15, -0.1) is 0 Å². The molecule has 25 heavy (non-hydrogen) atoms. The second-order valence-electron chi connectivity index (χ2n) is 5.26. The zero-order chi connectivity index (χ0) is 18.4. The van der Waals surface area contributed by atoms with Crippen LogP contribution < -0.4 is 5.32 Å². The normalized spacial score (nSPS) is 11.2. The molecule has 0 radical (unpaired) electrons. The van der Waals surface area contributed by atoms with E-state index in [1.807, 2.05) is 25.1 Å². The van der Waals surface area contributed by atoms with Crippen LogP contribution in [-0.2, 0) is 9.84 Å². The van der Waals surface area contributed by atoms with Gasteiger partial charge in [-0.25, -0.2) is 8.42 Å². The molecule has 0 bridgehead atoms. The molecule has 0 spiro atoms. The second kappa shape index (κ2) is 8.85. The number of nitrogens with one attached hydrogen (secondary N) is 1. The van der Waals surface area contributed by atoms with Crippen LogP contribution >= 0.6 is 35.4 Å². The molecule has 8 heteroatoms. The van der Waals surface area contributed by atoms with E-state index in [1.54, 1.807) is 23.1 Å². The van der Waals surface area contributed by atoms with Crippen molar-refractivity contribution in [3.8, 4) is 0 Å². The molecule has 2 aromatic carbocycles. The molecule has 0 aromatic heterocycles. The molecular weight excluding hydrogens is 399 g/mol. The lowest BCUT2D eigenvalue weighted by molar-refractivity contribution is 0.470. The average molecular weight is 417 g/mol. The van der Waals surface area contributed by atoms with Crippen LogP contribution in [0.5, 0.6) is 0 Å². The SMILES string of the molecule is CCN(CCS(=O)(=O)c1ccc(Cl)cc1)C(=S)Nc1ccccc1Cl. The van der Waals surface area contributed by atoms with Gasteiger partial charge in [-0.05, 0) is 55.5 Å². The van der Waals surface area contributed by atoms with E-state index < -0.39 is 9.84 Å². The Kier molecular flexibility index (Phi) is 7.07. The number of benzene rings is 2. The van der Waals surface area contributed by atoms with Gasteiger partial charge in [-0.2, -0.15) is 0 Å². The van der Waals surface area contributed by atoms with Gasteiger partial charge in [0.25, 0.3) is 0 Å². The van der Waals surface area contributed by atoms with Crippen LogP contribution in [0.15, 0.2) is 53.4 Å². The zero-order valence-electron chi connectivity index (χ0n) is 13.6. The van der Waals surface area contributed by atoms with E-state index in [4.69, 9.17) is 35.4 Å². The molecule has 0 saturated heterocycles. The Labute approximate surface area is 163 Å². The van der Waals surface area contributed by atoms with Gasteiger partial charge in [0.05, 0.1) is 21.4 Å². The van der Waals surface area contributed by atoms with E-state index in [1.165, 1.54) is 12.1 Å². The van der Waals surface area contributed by atoms with Crippen molar-refractivity contribution in [1.29, 1.82) is 0 Å². The monoisotopic (exact) mass is 416 g/mol. The molecule has 0 saturated carbocycles. The molecule has 0 aliphatic carbocycles. The van der Waals surface area contributed by atoms with Gasteiger partial charge < -0.3 is 10.2 Å². The molecule has 0 aliphatic heterocycles. The van der Waals surface area contributed by atoms with Crippen molar-refractivity contribution < 1.29 is 8.42 Å². The number of hydrogen-bond acceptors (Lipinski definition) is 3. The van der Waals surface area contributed by atoms with E-state index in [2.05, 4.69) is 5.32 Å². The number of halogens is 2. The Balaban J connectivity index is 2.03. The van der Waals surface area contributed by atoms with Crippen LogP contribution in [0.1, 0.15) is 6.92 Å². The van der Waals surface area contributed by atoms with Gasteiger partial charge in [0, 0.05) is 18.1 Å². The molecule has 0 unspecified atom stereocenters. The highest BCUT2D eigenvalue weighted by molar-refractivity contribution is 7.91. The number of hydrogen-bond donors (Lipinski definition) is 1. The summed E-state index contributed by atoms with van der Waals surface area (Å²) in [5.41, 5.74) is 0.688. The quantitative estimate of drug-likeness (QED) is 0.702. The molecule has 134 valence electrons. The first-order chi connectivity index (χ1) is 11.8. The van der Waals surface area contributed by atoms with E-state index in [-0.39, 0.29) is 17.2 Å². The topological polar surface area (TPSA) is 49.4 Å². The van der Waals surface area contributed by atoms with Gasteiger partial charge in [-0.1, -0.05) is 35.3 Å². The lowest BCUT2D eigenvalue weighted by Crippen LogP contribution is -2.38. The molecule has 0 amide bonds. The summed E-state index contributed by atoms with van der Waals surface area (Å²) in [6.45, 7) is 2.76. The number of rotatable bonds is 6. The number of anilines is 1. The minimum atomic E-state index is -3.41. The Bertz CT molecular complexity index is 840. The fourth-order valence-electron chi connectivity index (χ4n) is 2.15. The molecule has 2 aromatic rings. The van der Waals surface area contributed by atoms with Gasteiger partial charge in [0.15, 0.2) is 14.9 Å². The molecule has 0 aliphatic rings. The first-order valence-corrected chi connectivity index (χ1v) is 10.4. The highest BCUT2D eigenvalue weighted by Gasteiger charge is 2.17. The Morgan fingerprint density at radius 2 is 1.76 bits per heavy atom. The standard InChI is InChI=1S/C17H18Cl2N2O2S2/c1-2-21(17(24)20-16-6-4-3-5-15(16)19)11-12-25(22,23)14-9-7-13(18)8-10-14/h3-10H,2,11-12H2,1H3,(H,20,24). The lowest BCUT2D eigenvalue weighted by atomic mass is 10.3. The summed E-state index contributed by atoms with van der Waals surface area (Å²) in [5.74, 6) is -0.0488. The highest BCUT2D eigenvalue weighted by Crippen LogP contribution is 2.21. The minimum Gasteiger partial charge on any atom is -0.348 e. The van der Waals surface area contributed by atoms with Crippen LogP contribution in [0.25, 0.3) is 0 Å². The maximum Gasteiger partial charge on any atom is 0.180 e. The minimum absolute atomic E-state index is 0.0488. The zero-order valence-corrected chi connectivity index (χ0v) is 16.7. The maximum atomic E-state index is 12.4. The van der Waals surface area contributed by atoms with Crippen LogP contribution in [0.2, 0.25) is 10.0 Å². The molecule has 2 rings (SSSR count). The molecule has 0 heterocycles. The summed E-state index contributed by atoms with van der Waals surface area (Å²) in [5, 5.41) is 4.54. The second-order valence-corrected chi connectivity index (χ2v) is 8.60. The van der Waals surface area contributed by atoms with Crippen LogP contribution in [-0.4, -0.2) is 37.3 Å². The van der Waals surface area contributed by atoms with Crippen molar-refractivity contribution in [2.75, 3.05) is 24.2 Å². The first kappa shape index (κ1) is 20.0. The third kappa shape index (κ3) is 5.57. The average Bonchev–Trinajstić information content (AvgIpc) is 2.58. The summed E-state index contributed by atoms with van der Waals surface area (Å²) in [7, 11) is -3.41. The van der Waals surface area contributed by atoms with Crippen molar-refractivity contribution in [1.82, 2.24) is 4.90 Å². The van der Waals surface area contributed by atoms with Crippen molar-refractivity contribution >= 4 is 56.1 Å². The largest absolute Gasteiger partial charge is 0.348 e. The third-order valence-electron chi connectivity index (χ3n) is 3.59. The van der Waals surface area contributed by atoms with Crippen molar-refractivity contribution in [3.05, 3.63) is 58.6 Å². The molecule has 1 N–H and O–H groups in total. The van der Waals surface area contributed by atoms with Crippen LogP contribution in [0.3, 0.4) is 0 Å². The predicted molar refractivity (Wildman–Crippen MR) is 108 cm³/mol. The Morgan fingerprint density at radius 3 is 2.36 bits per heavy atom. The number of nitrogens with zero attached hydrogens (tertiary/aromatic N) is 1. The van der Waals surface area contributed by atoms with Gasteiger partial charge in [-0.3, -0.25) is 0 Å². The number of sulfone groups is 1. The van der Waals surface area contributed by atoms with E-state index in [0.29, 0.717) is 27.4 Å². The highest BCUT2D eigenvalue weighted by atomic mass is 35.5. The van der Waals surface area contributed by atoms with Crippen molar-refractivity contribution in [2.45, 2.75) is 11.8 Å². The fourth-order valence-corrected chi connectivity index (χ4v) is 4.04. The van der Waals surface area contributed by atoms with E-state index in [0.717, 1.165) is 0 Å². The van der Waals surface area contributed by atoms with Crippen molar-refractivity contribution in [3.63, 3.8) is 0 Å². The molecular formula is C17H18Cl2N2O2S2. The van der Waals surface area contributed by atoms with Crippen LogP contribution in [0.4, 0.5) is 5.69 Å². The smallest absolute Gasteiger partial charge is 0.180 e. The first-order valence-electron chi connectivity index (χ1n) is 7.62. The molecule has 0 atom stereocenters. The maximum absolute atomic E-state index is 12.4. The van der Waals surface area contributed by atoms with Crippen LogP contribution in [0, 0.1) is 0 Å². The summed E-state index contributed by atoms with van der Waals surface area (Å²) in [6.07, 6.45) is 0. The Hall–Kier alpha value is -1.34. The van der Waals surface area contributed by atoms with E-state index >= 15 is 0 Å². The number of thiocarbonyl (C=S) groups is 1. The summed E-state index contributed by atoms with van der Waals surface area (Å²) < 4.78 is 24.9. The van der Waals surface area contributed by atoms with E-state index in [9.17, 15) is 8.42 Å². The Morgan fingerprint density at radius 1 is 1.12 bits per heavy atom. The molecule has 4 nitrogen and oxygen atoms in total. The number of para-hydroxylation sites is 1.